The van der Waals surface area contributed by atoms with Crippen LogP contribution in [0.4, 0.5) is 0 Å². The first-order valence-corrected chi connectivity index (χ1v) is 17.8. The fourth-order valence-electron chi connectivity index (χ4n) is 8.65. The molecule has 0 unspecified atom stereocenters. The predicted molar refractivity (Wildman–Crippen MR) is 218 cm³/mol. The second-order valence-corrected chi connectivity index (χ2v) is 13.5. The Labute approximate surface area is 299 Å². The summed E-state index contributed by atoms with van der Waals surface area (Å²) in [5, 5.41) is 11.9. The molecule has 0 amide bonds. The Kier molecular flexibility index (Phi) is 6.28. The van der Waals surface area contributed by atoms with E-state index in [9.17, 15) is 0 Å². The number of benzene rings is 9. The van der Waals surface area contributed by atoms with Gasteiger partial charge in [-0.25, -0.2) is 0 Å². The van der Waals surface area contributed by atoms with E-state index < -0.39 is 0 Å². The standard InChI is InChI=1S/C50H30O2/c1-2-14-31(15-3-1)46-33-16-4-6-18-35(33)47(36-19-7-5-17-34(36)46)32-27-28-41-45(30-32)52-44-25-12-24-42(50(41)44)48-37-20-8-10-22-39(37)49(43-26-13-29-51-43)40-23-11-9-21-38(40)48/h1-30H. The average molecular weight is 663 g/mol. The molecule has 2 nitrogen and oxygen atoms in total. The van der Waals surface area contributed by atoms with Crippen LogP contribution in [0, 0.1) is 0 Å². The van der Waals surface area contributed by atoms with Crippen molar-refractivity contribution in [3.8, 4) is 44.7 Å². The summed E-state index contributed by atoms with van der Waals surface area (Å²) in [4.78, 5) is 0. The molecule has 0 radical (unpaired) electrons. The maximum Gasteiger partial charge on any atom is 0.136 e. The van der Waals surface area contributed by atoms with Crippen molar-refractivity contribution in [3.05, 3.63) is 182 Å². The third-order valence-electron chi connectivity index (χ3n) is 10.7. The van der Waals surface area contributed by atoms with Gasteiger partial charge in [0.25, 0.3) is 0 Å². The molecule has 2 heteroatoms. The molecule has 0 saturated heterocycles. The topological polar surface area (TPSA) is 26.3 Å². The molecule has 242 valence electrons. The monoisotopic (exact) mass is 662 g/mol. The van der Waals surface area contributed by atoms with Crippen molar-refractivity contribution >= 4 is 65.0 Å². The van der Waals surface area contributed by atoms with Gasteiger partial charge in [-0.05, 0) is 107 Å². The molecule has 0 aliphatic heterocycles. The van der Waals surface area contributed by atoms with E-state index in [1.807, 2.05) is 6.07 Å². The highest BCUT2D eigenvalue weighted by Crippen LogP contribution is 2.48. The lowest BCUT2D eigenvalue weighted by atomic mass is 9.85. The van der Waals surface area contributed by atoms with Crippen LogP contribution in [0.25, 0.3) is 110 Å². The van der Waals surface area contributed by atoms with Gasteiger partial charge in [0, 0.05) is 16.3 Å². The third-order valence-corrected chi connectivity index (χ3v) is 10.7. The normalized spacial score (nSPS) is 11.8. The average Bonchev–Trinajstić information content (AvgIpc) is 3.87. The third kappa shape index (κ3) is 4.19. The van der Waals surface area contributed by atoms with E-state index in [1.54, 1.807) is 6.26 Å². The molecule has 0 atom stereocenters. The summed E-state index contributed by atoms with van der Waals surface area (Å²) in [6.45, 7) is 0. The number of fused-ring (bicyclic) bond motifs is 7. The highest BCUT2D eigenvalue weighted by Gasteiger charge is 2.22. The maximum absolute atomic E-state index is 6.79. The lowest BCUT2D eigenvalue weighted by Crippen LogP contribution is -1.91. The number of rotatable bonds is 4. The lowest BCUT2D eigenvalue weighted by molar-refractivity contribution is 0.583. The Morgan fingerprint density at radius 1 is 0.308 bits per heavy atom. The summed E-state index contributed by atoms with van der Waals surface area (Å²) in [6, 6.07) is 63.0. The van der Waals surface area contributed by atoms with Gasteiger partial charge in [-0.15, -0.1) is 0 Å². The van der Waals surface area contributed by atoms with Crippen LogP contribution in [0.1, 0.15) is 0 Å². The maximum atomic E-state index is 6.79. The largest absolute Gasteiger partial charge is 0.464 e. The smallest absolute Gasteiger partial charge is 0.136 e. The highest BCUT2D eigenvalue weighted by atomic mass is 16.3. The van der Waals surface area contributed by atoms with Gasteiger partial charge in [-0.3, -0.25) is 0 Å². The van der Waals surface area contributed by atoms with E-state index in [0.717, 1.165) is 55.2 Å². The Bertz CT molecular complexity index is 3050. The van der Waals surface area contributed by atoms with Crippen LogP contribution in [0.2, 0.25) is 0 Å². The zero-order valence-electron chi connectivity index (χ0n) is 28.1. The van der Waals surface area contributed by atoms with Gasteiger partial charge < -0.3 is 8.83 Å². The quantitative estimate of drug-likeness (QED) is 0.175. The lowest BCUT2D eigenvalue weighted by Gasteiger charge is -2.17. The molecule has 0 aliphatic carbocycles. The molecule has 0 bridgehead atoms. The Morgan fingerprint density at radius 3 is 1.38 bits per heavy atom. The van der Waals surface area contributed by atoms with E-state index in [2.05, 4.69) is 170 Å². The van der Waals surface area contributed by atoms with Crippen LogP contribution in [-0.2, 0) is 0 Å². The predicted octanol–water partition coefficient (Wildman–Crippen LogP) is 14.5. The van der Waals surface area contributed by atoms with Crippen molar-refractivity contribution in [2.24, 2.45) is 0 Å². The molecule has 0 N–H and O–H groups in total. The van der Waals surface area contributed by atoms with Gasteiger partial charge >= 0.3 is 0 Å². The molecule has 9 aromatic carbocycles. The second-order valence-electron chi connectivity index (χ2n) is 13.5. The molecule has 0 spiro atoms. The molecule has 0 fully saturated rings. The number of hydrogen-bond donors (Lipinski definition) is 0. The fraction of sp³-hybridized carbons (Fsp3) is 0. The molecule has 0 aliphatic rings. The van der Waals surface area contributed by atoms with Crippen molar-refractivity contribution in [1.82, 2.24) is 0 Å². The Hall–Kier alpha value is -6.90. The van der Waals surface area contributed by atoms with Crippen LogP contribution in [0.3, 0.4) is 0 Å². The van der Waals surface area contributed by atoms with E-state index in [4.69, 9.17) is 8.83 Å². The zero-order valence-corrected chi connectivity index (χ0v) is 28.1. The van der Waals surface area contributed by atoms with Crippen molar-refractivity contribution < 1.29 is 8.83 Å². The summed E-state index contributed by atoms with van der Waals surface area (Å²) < 4.78 is 12.8. The van der Waals surface area contributed by atoms with Crippen molar-refractivity contribution in [2.75, 3.05) is 0 Å². The van der Waals surface area contributed by atoms with Crippen LogP contribution in [0.5, 0.6) is 0 Å². The molecule has 2 heterocycles. The van der Waals surface area contributed by atoms with E-state index in [-0.39, 0.29) is 0 Å². The van der Waals surface area contributed by atoms with E-state index >= 15 is 0 Å². The Balaban J connectivity index is 1.19. The zero-order chi connectivity index (χ0) is 34.2. The van der Waals surface area contributed by atoms with Crippen molar-refractivity contribution in [1.29, 1.82) is 0 Å². The minimum atomic E-state index is 0.871. The van der Waals surface area contributed by atoms with Crippen molar-refractivity contribution in [3.63, 3.8) is 0 Å². The van der Waals surface area contributed by atoms with Gasteiger partial charge in [0.1, 0.15) is 16.9 Å². The van der Waals surface area contributed by atoms with E-state index in [0.29, 0.717) is 0 Å². The number of hydrogen-bond acceptors (Lipinski definition) is 2. The first kappa shape index (κ1) is 28.9. The van der Waals surface area contributed by atoms with Crippen molar-refractivity contribution in [2.45, 2.75) is 0 Å². The fourth-order valence-corrected chi connectivity index (χ4v) is 8.65. The minimum absolute atomic E-state index is 0.871. The van der Waals surface area contributed by atoms with Gasteiger partial charge in [0.15, 0.2) is 0 Å². The van der Waals surface area contributed by atoms with Crippen LogP contribution in [0.15, 0.2) is 191 Å². The van der Waals surface area contributed by atoms with Gasteiger partial charge in [-0.1, -0.05) is 146 Å². The van der Waals surface area contributed by atoms with Gasteiger partial charge in [0.05, 0.1) is 6.26 Å². The SMILES string of the molecule is c1ccc(-c2c3ccccc3c(-c3ccc4c(c3)oc3cccc(-c5c6ccccc6c(-c6ccco6)c6ccccc56)c34)c3ccccc23)cc1. The van der Waals surface area contributed by atoms with Crippen LogP contribution >= 0.6 is 0 Å². The second kappa shape index (κ2) is 11.3. The molecule has 2 aromatic heterocycles. The Morgan fingerprint density at radius 2 is 0.827 bits per heavy atom. The summed E-state index contributed by atoms with van der Waals surface area (Å²) in [7, 11) is 0. The van der Waals surface area contributed by atoms with Gasteiger partial charge in [-0.2, -0.15) is 0 Å². The van der Waals surface area contributed by atoms with Gasteiger partial charge in [0.2, 0.25) is 0 Å². The summed E-state index contributed by atoms with van der Waals surface area (Å²) in [5.74, 6) is 0.871. The molecule has 11 rings (SSSR count). The highest BCUT2D eigenvalue weighted by molar-refractivity contribution is 6.26. The summed E-state index contributed by atoms with van der Waals surface area (Å²) in [6.07, 6.45) is 1.75. The first-order chi connectivity index (χ1) is 25.8. The molecule has 52 heavy (non-hydrogen) atoms. The van der Waals surface area contributed by atoms with Crippen LogP contribution < -0.4 is 0 Å². The van der Waals surface area contributed by atoms with Crippen LogP contribution in [-0.4, -0.2) is 0 Å². The van der Waals surface area contributed by atoms with E-state index in [1.165, 1.54) is 54.6 Å². The minimum Gasteiger partial charge on any atom is -0.464 e. The molecule has 0 saturated carbocycles. The molecular formula is C50H30O2. The number of furan rings is 2. The summed E-state index contributed by atoms with van der Waals surface area (Å²) >= 11 is 0. The molecular weight excluding hydrogens is 633 g/mol. The molecule has 11 aromatic rings. The first-order valence-electron chi connectivity index (χ1n) is 17.8. The summed E-state index contributed by atoms with van der Waals surface area (Å²) in [5.41, 5.74) is 10.1.